The summed E-state index contributed by atoms with van der Waals surface area (Å²) in [5.74, 6) is 2.53. The Bertz CT molecular complexity index is 260. The van der Waals surface area contributed by atoms with Crippen molar-refractivity contribution in [1.29, 1.82) is 0 Å². The van der Waals surface area contributed by atoms with Crippen LogP contribution >= 0.6 is 11.8 Å². The Morgan fingerprint density at radius 2 is 2.38 bits per heavy atom. The second-order valence-electron chi connectivity index (χ2n) is 4.50. The first-order valence-corrected chi connectivity index (χ1v) is 7.18. The Morgan fingerprint density at radius 1 is 1.56 bits per heavy atom. The lowest BCUT2D eigenvalue weighted by Crippen LogP contribution is -2.43. The minimum absolute atomic E-state index is 0.294. The van der Waals surface area contributed by atoms with E-state index in [1.807, 2.05) is 22.7 Å². The van der Waals surface area contributed by atoms with Gasteiger partial charge in [0.1, 0.15) is 0 Å². The molecule has 1 heterocycles. The summed E-state index contributed by atoms with van der Waals surface area (Å²) in [6.07, 6.45) is 4.83. The van der Waals surface area contributed by atoms with Gasteiger partial charge >= 0.3 is 0 Å². The lowest BCUT2D eigenvalue weighted by atomic mass is 10.2. The van der Waals surface area contributed by atoms with Gasteiger partial charge in [0.25, 0.3) is 0 Å². The van der Waals surface area contributed by atoms with Gasteiger partial charge in [-0.1, -0.05) is 6.08 Å². The average Bonchev–Trinajstić information content (AvgIpc) is 3.11. The second kappa shape index (κ2) is 5.73. The second-order valence-corrected chi connectivity index (χ2v) is 5.65. The van der Waals surface area contributed by atoms with Crippen LogP contribution in [0.3, 0.4) is 0 Å². The largest absolute Gasteiger partial charge is 0.336 e. The van der Waals surface area contributed by atoms with E-state index < -0.39 is 0 Å². The summed E-state index contributed by atoms with van der Waals surface area (Å²) in [7, 11) is 0. The van der Waals surface area contributed by atoms with E-state index in [0.717, 1.165) is 12.3 Å². The highest BCUT2D eigenvalue weighted by Crippen LogP contribution is 2.27. The molecule has 1 saturated carbocycles. The van der Waals surface area contributed by atoms with Crippen LogP contribution in [0.15, 0.2) is 12.7 Å². The maximum atomic E-state index is 12.1. The molecule has 0 spiro atoms. The van der Waals surface area contributed by atoms with Gasteiger partial charge in [0.15, 0.2) is 0 Å². The molecule has 16 heavy (non-hydrogen) atoms. The van der Waals surface area contributed by atoms with Crippen molar-refractivity contribution in [2.45, 2.75) is 31.3 Å². The third-order valence-corrected chi connectivity index (χ3v) is 4.18. The number of carbonyl (C=O) groups is 1. The maximum Gasteiger partial charge on any atom is 0.224 e. The van der Waals surface area contributed by atoms with Crippen molar-refractivity contribution < 1.29 is 4.79 Å². The molecule has 0 bridgehead atoms. The van der Waals surface area contributed by atoms with Crippen molar-refractivity contribution in [1.82, 2.24) is 10.2 Å². The van der Waals surface area contributed by atoms with E-state index in [-0.39, 0.29) is 0 Å². The smallest absolute Gasteiger partial charge is 0.224 e. The van der Waals surface area contributed by atoms with E-state index in [1.165, 1.54) is 18.6 Å². The topological polar surface area (TPSA) is 32.3 Å². The molecular weight excluding hydrogens is 220 g/mol. The third kappa shape index (κ3) is 3.25. The standard InChI is InChI=1S/C12H20N2OS/c1-2-6-14(11-3-4-11)12(15)8-10-9-16-7-5-13-10/h2,10-11,13H,1,3-9H2. The monoisotopic (exact) mass is 240 g/mol. The van der Waals surface area contributed by atoms with Crippen LogP contribution in [-0.2, 0) is 4.79 Å². The fourth-order valence-corrected chi connectivity index (χ4v) is 3.01. The predicted octanol–water partition coefficient (Wildman–Crippen LogP) is 1.26. The number of thioether (sulfide) groups is 1. The van der Waals surface area contributed by atoms with Crippen LogP contribution in [0.1, 0.15) is 19.3 Å². The number of amides is 1. The van der Waals surface area contributed by atoms with Crippen LogP contribution < -0.4 is 5.32 Å². The molecule has 0 aromatic carbocycles. The lowest BCUT2D eigenvalue weighted by molar-refractivity contribution is -0.131. The van der Waals surface area contributed by atoms with Crippen molar-refractivity contribution in [3.8, 4) is 0 Å². The summed E-state index contributed by atoms with van der Waals surface area (Å²) >= 11 is 1.94. The Morgan fingerprint density at radius 3 is 2.94 bits per heavy atom. The van der Waals surface area contributed by atoms with Crippen LogP contribution in [0.4, 0.5) is 0 Å². The van der Waals surface area contributed by atoms with Gasteiger partial charge in [-0.05, 0) is 12.8 Å². The molecule has 2 fully saturated rings. The van der Waals surface area contributed by atoms with Crippen molar-refractivity contribution in [2.24, 2.45) is 0 Å². The molecule has 1 aliphatic heterocycles. The van der Waals surface area contributed by atoms with Gasteiger partial charge in [0, 0.05) is 43.1 Å². The summed E-state index contributed by atoms with van der Waals surface area (Å²) in [6.45, 7) is 5.47. The summed E-state index contributed by atoms with van der Waals surface area (Å²) in [6, 6.07) is 0.874. The zero-order chi connectivity index (χ0) is 11.4. The first kappa shape index (κ1) is 12.0. The SMILES string of the molecule is C=CCN(C(=O)CC1CSCCN1)C1CC1. The molecule has 1 N–H and O–H groups in total. The van der Waals surface area contributed by atoms with Crippen molar-refractivity contribution in [2.75, 3.05) is 24.6 Å². The van der Waals surface area contributed by atoms with Crippen LogP contribution in [0.25, 0.3) is 0 Å². The highest BCUT2D eigenvalue weighted by Gasteiger charge is 2.32. The van der Waals surface area contributed by atoms with Crippen LogP contribution in [0.5, 0.6) is 0 Å². The summed E-state index contributed by atoms with van der Waals surface area (Å²) in [5.41, 5.74) is 0. The lowest BCUT2D eigenvalue weighted by Gasteiger charge is -2.26. The molecule has 0 aromatic rings. The third-order valence-electron chi connectivity index (χ3n) is 3.05. The molecule has 4 heteroatoms. The van der Waals surface area contributed by atoms with Gasteiger partial charge in [0.05, 0.1) is 0 Å². The van der Waals surface area contributed by atoms with Crippen LogP contribution in [0.2, 0.25) is 0 Å². The van der Waals surface area contributed by atoms with Crippen molar-refractivity contribution in [3.05, 3.63) is 12.7 Å². The molecule has 1 saturated heterocycles. The van der Waals surface area contributed by atoms with Gasteiger partial charge in [-0.15, -0.1) is 6.58 Å². The molecule has 3 nitrogen and oxygen atoms in total. The fourth-order valence-electron chi connectivity index (χ4n) is 2.06. The molecule has 90 valence electrons. The molecule has 1 atom stereocenters. The average molecular weight is 240 g/mol. The molecule has 0 aromatic heterocycles. The summed E-state index contributed by atoms with van der Waals surface area (Å²) < 4.78 is 0. The van der Waals surface area contributed by atoms with Gasteiger partial charge in [-0.3, -0.25) is 4.79 Å². The molecular formula is C12H20N2OS. The Hall–Kier alpha value is -0.480. The number of hydrogen-bond acceptors (Lipinski definition) is 3. The molecule has 1 aliphatic carbocycles. The highest BCUT2D eigenvalue weighted by molar-refractivity contribution is 7.99. The maximum absolute atomic E-state index is 12.1. The van der Waals surface area contributed by atoms with Crippen LogP contribution in [0, 0.1) is 0 Å². The predicted molar refractivity (Wildman–Crippen MR) is 68.7 cm³/mol. The molecule has 1 amide bonds. The number of rotatable bonds is 5. The summed E-state index contributed by atoms with van der Waals surface area (Å²) in [4.78, 5) is 14.1. The fraction of sp³-hybridized carbons (Fsp3) is 0.750. The minimum Gasteiger partial charge on any atom is -0.336 e. The van der Waals surface area contributed by atoms with E-state index in [2.05, 4.69) is 11.9 Å². The minimum atomic E-state index is 0.294. The molecule has 0 radical (unpaired) electrons. The Balaban J connectivity index is 1.81. The zero-order valence-electron chi connectivity index (χ0n) is 9.65. The molecule has 2 rings (SSSR count). The highest BCUT2D eigenvalue weighted by atomic mass is 32.2. The zero-order valence-corrected chi connectivity index (χ0v) is 10.5. The van der Waals surface area contributed by atoms with Gasteiger partial charge in [-0.25, -0.2) is 0 Å². The van der Waals surface area contributed by atoms with Gasteiger partial charge < -0.3 is 10.2 Å². The van der Waals surface area contributed by atoms with Crippen LogP contribution in [-0.4, -0.2) is 47.5 Å². The first-order chi connectivity index (χ1) is 7.81. The molecule has 2 aliphatic rings. The number of carbonyl (C=O) groups excluding carboxylic acids is 1. The quantitative estimate of drug-likeness (QED) is 0.734. The van der Waals surface area contributed by atoms with E-state index >= 15 is 0 Å². The first-order valence-electron chi connectivity index (χ1n) is 6.02. The number of hydrogen-bond donors (Lipinski definition) is 1. The van der Waals surface area contributed by atoms with Crippen molar-refractivity contribution >= 4 is 17.7 Å². The van der Waals surface area contributed by atoms with Gasteiger partial charge in [-0.2, -0.15) is 11.8 Å². The van der Waals surface area contributed by atoms with E-state index in [0.29, 0.717) is 31.0 Å². The van der Waals surface area contributed by atoms with E-state index in [9.17, 15) is 4.79 Å². The Kier molecular flexibility index (Phi) is 4.29. The molecule has 1 unspecified atom stereocenters. The number of nitrogens with one attached hydrogen (secondary N) is 1. The summed E-state index contributed by atoms with van der Waals surface area (Å²) in [5, 5.41) is 3.41. The van der Waals surface area contributed by atoms with E-state index in [1.54, 1.807) is 0 Å². The van der Waals surface area contributed by atoms with Crippen molar-refractivity contribution in [3.63, 3.8) is 0 Å². The number of nitrogens with zero attached hydrogens (tertiary/aromatic N) is 1. The van der Waals surface area contributed by atoms with E-state index in [4.69, 9.17) is 0 Å². The normalized spacial score (nSPS) is 25.1. The Labute approximate surface area is 102 Å². The van der Waals surface area contributed by atoms with Gasteiger partial charge in [0.2, 0.25) is 5.91 Å².